The van der Waals surface area contributed by atoms with E-state index in [1.807, 2.05) is 36.4 Å². The molecular weight excluding hydrogens is 737 g/mol. The second kappa shape index (κ2) is 14.9. The predicted molar refractivity (Wildman–Crippen MR) is 187 cm³/mol. The molecule has 1 aromatic heterocycles. The summed E-state index contributed by atoms with van der Waals surface area (Å²) in [6.45, 7) is 1.48. The molecule has 4 aromatic rings. The first-order valence-corrected chi connectivity index (χ1v) is 19.0. The second-order valence-electron chi connectivity index (χ2n) is 13.5. The molecule has 2 saturated heterocycles. The summed E-state index contributed by atoms with van der Waals surface area (Å²) in [4.78, 5) is 15.8. The largest absolute Gasteiger partial charge is 0.494 e. The van der Waals surface area contributed by atoms with Crippen LogP contribution in [0.1, 0.15) is 42.5 Å². The molecule has 0 radical (unpaired) electrons. The number of alkyl halides is 3. The Morgan fingerprint density at radius 2 is 1.81 bits per heavy atom. The number of fused-ring (bicyclic) bond motifs is 2. The first-order chi connectivity index (χ1) is 25.3. The molecule has 0 unspecified atom stereocenters. The highest BCUT2D eigenvalue weighted by atomic mass is 35.5. The van der Waals surface area contributed by atoms with Crippen LogP contribution in [-0.4, -0.2) is 89.6 Å². The lowest BCUT2D eigenvalue weighted by atomic mass is 9.84. The summed E-state index contributed by atoms with van der Waals surface area (Å²) in [5.74, 6) is -0.183. The highest BCUT2D eigenvalue weighted by Gasteiger charge is 2.48. The molecule has 2 fully saturated rings. The number of nitrogens with one attached hydrogen (secondary N) is 1. The van der Waals surface area contributed by atoms with Crippen molar-refractivity contribution in [2.75, 3.05) is 33.4 Å². The lowest BCUT2D eigenvalue weighted by Crippen LogP contribution is -2.59. The Morgan fingerprint density at radius 3 is 2.57 bits per heavy atom. The van der Waals surface area contributed by atoms with Gasteiger partial charge in [0.15, 0.2) is 0 Å². The van der Waals surface area contributed by atoms with Crippen LogP contribution in [0.5, 0.6) is 11.5 Å². The zero-order chi connectivity index (χ0) is 37.4. The molecule has 2 atom stereocenters. The number of carbonyl (C=O) groups excluding carboxylic acids is 1. The average Bonchev–Trinajstić information content (AvgIpc) is 3.80. The molecule has 53 heavy (non-hydrogen) atoms. The van der Waals surface area contributed by atoms with Crippen LogP contribution < -0.4 is 14.8 Å². The average molecular weight is 775 g/mol. The number of ether oxygens (including phenoxy) is 3. The molecule has 3 aromatic carbocycles. The topological polar surface area (TPSA) is 128 Å². The van der Waals surface area contributed by atoms with E-state index >= 15 is 0 Å². The molecule has 1 amide bonds. The fourth-order valence-electron chi connectivity index (χ4n) is 7.17. The summed E-state index contributed by atoms with van der Waals surface area (Å²) >= 11 is 6.41. The van der Waals surface area contributed by atoms with Gasteiger partial charge < -0.3 is 19.5 Å². The first-order valence-electron chi connectivity index (χ1n) is 17.2. The number of halogens is 4. The van der Waals surface area contributed by atoms with Gasteiger partial charge in [0.2, 0.25) is 15.9 Å². The van der Waals surface area contributed by atoms with E-state index in [0.29, 0.717) is 67.1 Å². The van der Waals surface area contributed by atoms with Crippen molar-refractivity contribution in [1.29, 1.82) is 0 Å². The lowest BCUT2D eigenvalue weighted by molar-refractivity contribution is -0.137. The van der Waals surface area contributed by atoms with Crippen LogP contribution in [0.15, 0.2) is 77.8 Å². The number of nitrogens with zero attached hydrogens (tertiary/aromatic N) is 5. The SMILES string of the molecule is COc1ccccc1-n1cc(CO[C@@H]2C[C@H]3C(=O)NC4(CCOc5ccc(C(F)(F)F)cc5S(=O)(=O)N3C2)CCN(Cc2ccccc2Cl)CC4)nn1. The van der Waals surface area contributed by atoms with Crippen molar-refractivity contribution in [2.45, 2.75) is 67.6 Å². The number of likely N-dealkylation sites (tertiary alicyclic amines) is 1. The standard InChI is InChI=1S/C36H38ClF3N6O6S/c1-50-31-9-5-4-8-29(31)45-21-26(42-43-45)23-52-27-19-30-34(47)41-35(12-15-44(16-13-35)20-24-6-2-3-7-28(24)37)14-17-51-32-11-10-25(36(38,39)40)18-33(32)53(48,49)46(30)22-27/h2-11,18,21,27,30H,12-17,19-20,22-23H2,1H3,(H,41,47)/t27-,30+/m1/s1. The normalized spacial score (nSPS) is 21.9. The Balaban J connectivity index is 1.14. The van der Waals surface area contributed by atoms with Gasteiger partial charge in [-0.05, 0) is 54.8 Å². The summed E-state index contributed by atoms with van der Waals surface area (Å²) in [6.07, 6.45) is -2.60. The zero-order valence-corrected chi connectivity index (χ0v) is 30.3. The molecule has 0 aliphatic carbocycles. The summed E-state index contributed by atoms with van der Waals surface area (Å²) in [6, 6.07) is 16.0. The molecule has 17 heteroatoms. The minimum atomic E-state index is -4.81. The number of sulfonamides is 1. The number of amides is 1. The Hall–Kier alpha value is -4.22. The number of methoxy groups -OCH3 is 1. The van der Waals surface area contributed by atoms with E-state index in [1.165, 1.54) is 11.8 Å². The quantitative estimate of drug-likeness (QED) is 0.269. The summed E-state index contributed by atoms with van der Waals surface area (Å²) in [7, 11) is -3.16. The van der Waals surface area contributed by atoms with Crippen molar-refractivity contribution in [3.63, 3.8) is 0 Å². The van der Waals surface area contributed by atoms with E-state index in [0.717, 1.165) is 22.0 Å². The second-order valence-corrected chi connectivity index (χ2v) is 15.7. The molecular formula is C36H38ClF3N6O6S. The van der Waals surface area contributed by atoms with E-state index in [2.05, 4.69) is 20.5 Å². The fraction of sp³-hybridized carbons (Fsp3) is 0.417. The Morgan fingerprint density at radius 1 is 1.06 bits per heavy atom. The third-order valence-corrected chi connectivity index (χ3v) is 12.4. The summed E-state index contributed by atoms with van der Waals surface area (Å²) in [5, 5.41) is 12.2. The van der Waals surface area contributed by atoms with Gasteiger partial charge in [-0.25, -0.2) is 13.1 Å². The number of carbonyl (C=O) groups is 1. The van der Waals surface area contributed by atoms with Gasteiger partial charge in [-0.1, -0.05) is 47.1 Å². The van der Waals surface area contributed by atoms with Crippen LogP contribution in [0.25, 0.3) is 5.69 Å². The molecule has 0 bridgehead atoms. The Kier molecular flexibility index (Phi) is 10.4. The third-order valence-electron chi connectivity index (χ3n) is 10.1. The molecule has 282 valence electrons. The van der Waals surface area contributed by atoms with E-state index in [9.17, 15) is 26.4 Å². The summed E-state index contributed by atoms with van der Waals surface area (Å²) in [5.41, 5.74) is 0.161. The molecule has 1 N–H and O–H groups in total. The Labute approximate surface area is 309 Å². The molecule has 1 spiro atoms. The van der Waals surface area contributed by atoms with Crippen LogP contribution >= 0.6 is 11.6 Å². The highest BCUT2D eigenvalue weighted by molar-refractivity contribution is 7.89. The first kappa shape index (κ1) is 37.1. The molecule has 7 rings (SSSR count). The van der Waals surface area contributed by atoms with E-state index in [4.69, 9.17) is 25.8 Å². The minimum absolute atomic E-state index is 0.0232. The minimum Gasteiger partial charge on any atom is -0.494 e. The fourth-order valence-corrected chi connectivity index (χ4v) is 9.16. The number of para-hydroxylation sites is 2. The van der Waals surface area contributed by atoms with Gasteiger partial charge in [-0.15, -0.1) is 5.10 Å². The maximum atomic E-state index is 14.3. The van der Waals surface area contributed by atoms with Crippen LogP contribution in [0.2, 0.25) is 5.02 Å². The molecule has 4 heterocycles. The van der Waals surface area contributed by atoms with E-state index in [-0.39, 0.29) is 31.9 Å². The smallest absolute Gasteiger partial charge is 0.416 e. The number of piperidine rings is 1. The van der Waals surface area contributed by atoms with Crippen molar-refractivity contribution in [2.24, 2.45) is 0 Å². The molecule has 0 saturated carbocycles. The molecule has 3 aliphatic heterocycles. The number of aromatic nitrogens is 3. The summed E-state index contributed by atoms with van der Waals surface area (Å²) < 4.78 is 90.2. The van der Waals surface area contributed by atoms with Crippen molar-refractivity contribution >= 4 is 27.5 Å². The predicted octanol–water partition coefficient (Wildman–Crippen LogP) is 5.23. The van der Waals surface area contributed by atoms with Crippen molar-refractivity contribution < 1.29 is 40.6 Å². The van der Waals surface area contributed by atoms with Crippen LogP contribution in [0.3, 0.4) is 0 Å². The van der Waals surface area contributed by atoms with Crippen molar-refractivity contribution in [3.8, 4) is 17.2 Å². The van der Waals surface area contributed by atoms with E-state index < -0.39 is 50.3 Å². The van der Waals surface area contributed by atoms with Gasteiger partial charge in [0.05, 0.1) is 38.2 Å². The van der Waals surface area contributed by atoms with Crippen LogP contribution in [0, 0.1) is 0 Å². The van der Waals surface area contributed by atoms with Crippen molar-refractivity contribution in [1.82, 2.24) is 29.5 Å². The van der Waals surface area contributed by atoms with Gasteiger partial charge in [-0.3, -0.25) is 9.69 Å². The molecule has 3 aliphatic rings. The zero-order valence-electron chi connectivity index (χ0n) is 28.8. The van der Waals surface area contributed by atoms with Gasteiger partial charge in [0.25, 0.3) is 0 Å². The van der Waals surface area contributed by atoms with Gasteiger partial charge >= 0.3 is 6.18 Å². The monoisotopic (exact) mass is 774 g/mol. The maximum Gasteiger partial charge on any atom is 0.416 e. The van der Waals surface area contributed by atoms with Gasteiger partial charge in [-0.2, -0.15) is 17.5 Å². The number of rotatable bonds is 7. The molecule has 12 nitrogen and oxygen atoms in total. The number of hydrogen-bond acceptors (Lipinski definition) is 9. The van der Waals surface area contributed by atoms with E-state index in [1.54, 1.807) is 18.3 Å². The highest BCUT2D eigenvalue weighted by Crippen LogP contribution is 2.39. The number of hydrogen-bond donors (Lipinski definition) is 1. The van der Waals surface area contributed by atoms with Crippen LogP contribution in [-0.2, 0) is 38.9 Å². The lowest BCUT2D eigenvalue weighted by Gasteiger charge is -2.43. The van der Waals surface area contributed by atoms with Gasteiger partial charge in [0, 0.05) is 49.6 Å². The van der Waals surface area contributed by atoms with Crippen LogP contribution in [0.4, 0.5) is 13.2 Å². The van der Waals surface area contributed by atoms with Crippen molar-refractivity contribution in [3.05, 3.63) is 94.8 Å². The van der Waals surface area contributed by atoms with Gasteiger partial charge in [0.1, 0.15) is 33.8 Å². The Bertz CT molecular complexity index is 2070. The maximum absolute atomic E-state index is 14.3. The third kappa shape index (κ3) is 7.87. The number of benzene rings is 3.